The largest absolute Gasteiger partial charge is 0.350 e. The summed E-state index contributed by atoms with van der Waals surface area (Å²) in [7, 11) is 0. The van der Waals surface area contributed by atoms with Crippen LogP contribution >= 0.6 is 23.2 Å². The summed E-state index contributed by atoms with van der Waals surface area (Å²) in [6.45, 7) is 3.29. The lowest BCUT2D eigenvalue weighted by Gasteiger charge is -2.24. The Hall–Kier alpha value is -3.37. The molecule has 0 radical (unpaired) electrons. The number of nitrogens with one attached hydrogen (secondary N) is 1. The lowest BCUT2D eigenvalue weighted by Crippen LogP contribution is -2.41. The van der Waals surface area contributed by atoms with E-state index in [1.54, 1.807) is 29.2 Å². The van der Waals surface area contributed by atoms with Crippen molar-refractivity contribution >= 4 is 35.0 Å². The minimum absolute atomic E-state index is 0.0426. The zero-order valence-corrected chi connectivity index (χ0v) is 22.6. The highest BCUT2D eigenvalue weighted by atomic mass is 35.5. The van der Waals surface area contributed by atoms with Crippen LogP contribution in [0.2, 0.25) is 10.0 Å². The second-order valence-electron chi connectivity index (χ2n) is 9.49. The predicted molar refractivity (Wildman–Crippen MR) is 151 cm³/mol. The number of amides is 2. The zero-order chi connectivity index (χ0) is 26.9. The number of carbonyl (C=O) groups excluding carboxylic acids is 2. The van der Waals surface area contributed by atoms with Crippen molar-refractivity contribution in [2.75, 3.05) is 26.2 Å². The molecule has 1 saturated heterocycles. The molecule has 3 aromatic rings. The van der Waals surface area contributed by atoms with Gasteiger partial charge in [0.15, 0.2) is 0 Å². The molecule has 0 atom stereocenters. The van der Waals surface area contributed by atoms with Gasteiger partial charge in [0.1, 0.15) is 0 Å². The molecule has 6 nitrogen and oxygen atoms in total. The van der Waals surface area contributed by atoms with Crippen molar-refractivity contribution in [2.24, 2.45) is 0 Å². The Labute approximate surface area is 233 Å². The summed E-state index contributed by atoms with van der Waals surface area (Å²) in [5.41, 5.74) is 4.26. The van der Waals surface area contributed by atoms with Crippen LogP contribution in [0.4, 0.5) is 0 Å². The molecule has 38 heavy (non-hydrogen) atoms. The fourth-order valence-electron chi connectivity index (χ4n) is 4.58. The summed E-state index contributed by atoms with van der Waals surface area (Å²) in [6.07, 6.45) is 2.70. The number of likely N-dealkylation sites (tertiary alicyclic amines) is 1. The first kappa shape index (κ1) is 27.7. The average Bonchev–Trinajstić information content (AvgIpc) is 3.44. The van der Waals surface area contributed by atoms with Gasteiger partial charge < -0.3 is 15.1 Å². The smallest absolute Gasteiger partial charge is 0.239 e. The summed E-state index contributed by atoms with van der Waals surface area (Å²) in [5, 5.41) is 13.1. The molecule has 0 spiro atoms. The van der Waals surface area contributed by atoms with E-state index in [1.165, 1.54) is 0 Å². The minimum atomic E-state index is -0.249. The van der Waals surface area contributed by atoms with Crippen LogP contribution in [0.15, 0.2) is 66.7 Å². The van der Waals surface area contributed by atoms with Gasteiger partial charge in [-0.25, -0.2) is 0 Å². The molecule has 2 amide bonds. The predicted octanol–water partition coefficient (Wildman–Crippen LogP) is 5.66. The van der Waals surface area contributed by atoms with E-state index < -0.39 is 0 Å². The first-order valence-corrected chi connectivity index (χ1v) is 13.5. The minimum Gasteiger partial charge on any atom is -0.350 e. The Kier molecular flexibility index (Phi) is 9.78. The van der Waals surface area contributed by atoms with Crippen molar-refractivity contribution < 1.29 is 9.59 Å². The molecule has 0 aliphatic carbocycles. The summed E-state index contributed by atoms with van der Waals surface area (Å²) >= 11 is 12.1. The topological polar surface area (TPSA) is 76.4 Å². The van der Waals surface area contributed by atoms with Crippen LogP contribution in [-0.4, -0.2) is 47.8 Å². The summed E-state index contributed by atoms with van der Waals surface area (Å²) in [5.74, 6) is -0.302. The summed E-state index contributed by atoms with van der Waals surface area (Å²) in [6, 6.07) is 22.6. The van der Waals surface area contributed by atoms with Crippen molar-refractivity contribution in [3.05, 3.63) is 93.5 Å². The van der Waals surface area contributed by atoms with E-state index in [0.29, 0.717) is 35.1 Å². The van der Waals surface area contributed by atoms with E-state index >= 15 is 0 Å². The molecule has 1 aliphatic rings. The maximum atomic E-state index is 13.2. The van der Waals surface area contributed by atoms with Crippen LogP contribution in [0.3, 0.4) is 0 Å². The van der Waals surface area contributed by atoms with Gasteiger partial charge in [0, 0.05) is 36.1 Å². The molecule has 0 aromatic heterocycles. The number of hydrogen-bond donors (Lipinski definition) is 1. The van der Waals surface area contributed by atoms with E-state index in [0.717, 1.165) is 48.2 Å². The van der Waals surface area contributed by atoms with Gasteiger partial charge in [0.05, 0.1) is 18.2 Å². The lowest BCUT2D eigenvalue weighted by atomic mass is 10.0. The fourth-order valence-corrected chi connectivity index (χ4v) is 5.16. The van der Waals surface area contributed by atoms with Crippen LogP contribution in [-0.2, 0) is 22.7 Å². The van der Waals surface area contributed by atoms with Crippen molar-refractivity contribution in [1.29, 1.82) is 5.26 Å². The molecule has 3 aromatic carbocycles. The van der Waals surface area contributed by atoms with Crippen molar-refractivity contribution in [3.8, 4) is 17.2 Å². The molecular weight excluding hydrogens is 519 g/mol. The lowest BCUT2D eigenvalue weighted by molar-refractivity contribution is -0.137. The highest BCUT2D eigenvalue weighted by Gasteiger charge is 2.20. The van der Waals surface area contributed by atoms with Crippen molar-refractivity contribution in [3.63, 3.8) is 0 Å². The number of benzene rings is 3. The standard InChI is InChI=1S/C30H30Cl2N4O2/c31-27-15-24(16-28(32)17-27)19-34-29(37)21-36(30(38)10-13-35-11-1-2-12-35)20-22-6-8-25(9-7-22)26-5-3-4-23(14-26)18-33/h3-9,14-17H,1-2,10-13,19-21H2,(H,34,37). The Morgan fingerprint density at radius 3 is 2.32 bits per heavy atom. The molecular formula is C30H30Cl2N4O2. The van der Waals surface area contributed by atoms with Gasteiger partial charge in [-0.2, -0.15) is 5.26 Å². The van der Waals surface area contributed by atoms with Crippen LogP contribution in [0, 0.1) is 11.3 Å². The molecule has 1 N–H and O–H groups in total. The molecule has 1 heterocycles. The third kappa shape index (κ3) is 8.06. The monoisotopic (exact) mass is 548 g/mol. The second-order valence-corrected chi connectivity index (χ2v) is 10.4. The number of hydrogen-bond acceptors (Lipinski definition) is 4. The van der Waals surface area contributed by atoms with Gasteiger partial charge in [0.25, 0.3) is 0 Å². The Morgan fingerprint density at radius 2 is 1.63 bits per heavy atom. The molecule has 0 unspecified atom stereocenters. The number of carbonyl (C=O) groups is 2. The highest BCUT2D eigenvalue weighted by molar-refractivity contribution is 6.34. The Bertz CT molecular complexity index is 1290. The SMILES string of the molecule is N#Cc1cccc(-c2ccc(CN(CC(=O)NCc3cc(Cl)cc(Cl)c3)C(=O)CCN3CCCC3)cc2)c1. The average molecular weight is 550 g/mol. The fraction of sp³-hybridized carbons (Fsp3) is 0.300. The Balaban J connectivity index is 1.42. The second kappa shape index (κ2) is 13.4. The first-order chi connectivity index (χ1) is 18.4. The Morgan fingerprint density at radius 1 is 0.921 bits per heavy atom. The van der Waals surface area contributed by atoms with E-state index in [-0.39, 0.29) is 24.9 Å². The molecule has 8 heteroatoms. The molecule has 196 valence electrons. The summed E-state index contributed by atoms with van der Waals surface area (Å²) < 4.78 is 0. The maximum absolute atomic E-state index is 13.2. The van der Waals surface area contributed by atoms with Gasteiger partial charge in [-0.05, 0) is 78.5 Å². The molecule has 1 fully saturated rings. The van der Waals surface area contributed by atoms with Gasteiger partial charge >= 0.3 is 0 Å². The van der Waals surface area contributed by atoms with Gasteiger partial charge in [0.2, 0.25) is 11.8 Å². The van der Waals surface area contributed by atoms with Gasteiger partial charge in [-0.1, -0.05) is 59.6 Å². The number of nitrogens with zero attached hydrogens (tertiary/aromatic N) is 3. The molecule has 1 aliphatic heterocycles. The van der Waals surface area contributed by atoms with Crippen LogP contribution in [0.1, 0.15) is 36.0 Å². The molecule has 0 bridgehead atoms. The number of nitriles is 1. The van der Waals surface area contributed by atoms with Crippen molar-refractivity contribution in [2.45, 2.75) is 32.4 Å². The van der Waals surface area contributed by atoms with E-state index in [2.05, 4.69) is 16.3 Å². The quantitative estimate of drug-likeness (QED) is 0.354. The summed E-state index contributed by atoms with van der Waals surface area (Å²) in [4.78, 5) is 30.0. The molecule has 0 saturated carbocycles. The van der Waals surface area contributed by atoms with Crippen LogP contribution in [0.25, 0.3) is 11.1 Å². The highest BCUT2D eigenvalue weighted by Crippen LogP contribution is 2.22. The van der Waals surface area contributed by atoms with Crippen LogP contribution < -0.4 is 5.32 Å². The third-order valence-corrected chi connectivity index (χ3v) is 7.03. The van der Waals surface area contributed by atoms with Crippen molar-refractivity contribution in [1.82, 2.24) is 15.1 Å². The third-order valence-electron chi connectivity index (χ3n) is 6.59. The maximum Gasteiger partial charge on any atom is 0.239 e. The number of rotatable bonds is 10. The van der Waals surface area contributed by atoms with Gasteiger partial charge in [-0.15, -0.1) is 0 Å². The van der Waals surface area contributed by atoms with E-state index in [4.69, 9.17) is 23.2 Å². The van der Waals surface area contributed by atoms with E-state index in [1.807, 2.05) is 42.5 Å². The number of halogens is 2. The van der Waals surface area contributed by atoms with E-state index in [9.17, 15) is 14.9 Å². The normalized spacial score (nSPS) is 13.2. The van der Waals surface area contributed by atoms with Gasteiger partial charge in [-0.3, -0.25) is 9.59 Å². The van der Waals surface area contributed by atoms with Crippen LogP contribution in [0.5, 0.6) is 0 Å². The first-order valence-electron chi connectivity index (χ1n) is 12.7. The molecule has 4 rings (SSSR count). The zero-order valence-electron chi connectivity index (χ0n) is 21.1.